The Balaban J connectivity index is 2.85. The Morgan fingerprint density at radius 3 is 2.67 bits per heavy atom. The zero-order valence-corrected chi connectivity index (χ0v) is 11.7. The zero-order chi connectivity index (χ0) is 13.5. The average molecular weight is 314 g/mol. The quantitative estimate of drug-likeness (QED) is 0.618. The van der Waals surface area contributed by atoms with Crippen LogP contribution in [0.5, 0.6) is 0 Å². The second-order valence-corrected chi connectivity index (χ2v) is 4.57. The van der Waals surface area contributed by atoms with E-state index in [9.17, 15) is 4.79 Å². The molecule has 1 aromatic rings. The van der Waals surface area contributed by atoms with E-state index in [1.54, 1.807) is 25.1 Å². The van der Waals surface area contributed by atoms with Gasteiger partial charge in [-0.15, -0.1) is 28.3 Å². The third-order valence-corrected chi connectivity index (χ3v) is 2.74. The fourth-order valence-corrected chi connectivity index (χ4v) is 1.16. The summed E-state index contributed by atoms with van der Waals surface area (Å²) in [4.78, 5) is 19.7. The molecule has 0 spiro atoms. The van der Waals surface area contributed by atoms with Crippen molar-refractivity contribution >= 4 is 46.7 Å². The molecule has 1 amide bonds. The lowest BCUT2D eigenvalue weighted by Gasteiger charge is -2.22. The summed E-state index contributed by atoms with van der Waals surface area (Å²) in [6.45, 7) is 1.85. The number of rotatable bonds is 5. The number of hydrogen-bond acceptors (Lipinski definition) is 4. The summed E-state index contributed by atoms with van der Waals surface area (Å²) in [7, 11) is 0. The normalized spacial score (nSPS) is 12.3. The highest BCUT2D eigenvalue weighted by Crippen LogP contribution is 2.20. The first kappa shape index (κ1) is 15.3. The van der Waals surface area contributed by atoms with E-state index in [0.717, 1.165) is 5.06 Å². The summed E-state index contributed by atoms with van der Waals surface area (Å²) in [5.41, 5.74) is -1.11. The summed E-state index contributed by atoms with van der Waals surface area (Å²) in [5.74, 6) is 0.218. The van der Waals surface area contributed by atoms with E-state index in [1.165, 1.54) is 6.20 Å². The van der Waals surface area contributed by atoms with Crippen molar-refractivity contribution < 1.29 is 14.4 Å². The number of pyridine rings is 1. The van der Waals surface area contributed by atoms with Crippen LogP contribution >= 0.6 is 34.8 Å². The van der Waals surface area contributed by atoms with Gasteiger partial charge in [0.1, 0.15) is 4.84 Å². The van der Waals surface area contributed by atoms with Gasteiger partial charge in [0.25, 0.3) is 0 Å². The first-order chi connectivity index (χ1) is 8.56. The molecule has 0 aromatic carbocycles. The molecule has 1 unspecified atom stereocenters. The number of halogens is 3. The summed E-state index contributed by atoms with van der Waals surface area (Å²) < 4.78 is 4.82. The third-order valence-electron chi connectivity index (χ3n) is 1.70. The highest BCUT2D eigenvalue weighted by molar-refractivity contribution is 6.48. The van der Waals surface area contributed by atoms with E-state index in [4.69, 9.17) is 44.4 Å². The highest BCUT2D eigenvalue weighted by atomic mass is 35.5. The van der Waals surface area contributed by atoms with Gasteiger partial charge in [0.2, 0.25) is 0 Å². The molecule has 0 saturated carbocycles. The van der Waals surface area contributed by atoms with Crippen molar-refractivity contribution in [3.63, 3.8) is 0 Å². The molecule has 0 bridgehead atoms. The van der Waals surface area contributed by atoms with Crippen molar-refractivity contribution in [1.82, 2.24) is 4.98 Å². The molecule has 18 heavy (non-hydrogen) atoms. The van der Waals surface area contributed by atoms with Crippen molar-refractivity contribution in [3.8, 4) is 0 Å². The molecule has 0 aliphatic carbocycles. The Hall–Kier alpha value is -0.750. The van der Waals surface area contributed by atoms with Crippen molar-refractivity contribution in [2.45, 2.75) is 17.3 Å². The summed E-state index contributed by atoms with van der Waals surface area (Å²) >= 11 is 16.8. The molecule has 1 aromatic heterocycles. The fourth-order valence-electron chi connectivity index (χ4n) is 0.993. The van der Waals surface area contributed by atoms with Crippen molar-refractivity contribution in [2.75, 3.05) is 11.7 Å². The second kappa shape index (κ2) is 7.63. The third kappa shape index (κ3) is 4.49. The van der Waals surface area contributed by atoms with E-state index in [-0.39, 0.29) is 12.4 Å². The molecule has 1 rings (SSSR count). The van der Waals surface area contributed by atoms with Crippen LogP contribution < -0.4 is 5.06 Å². The van der Waals surface area contributed by atoms with Crippen LogP contribution in [0, 0.1) is 0 Å². The minimum Gasteiger partial charge on any atom is -0.448 e. The number of hydrogen-bond donors (Lipinski definition) is 0. The Bertz CT molecular complexity index is 378. The maximum atomic E-state index is 11.7. The van der Waals surface area contributed by atoms with E-state index in [2.05, 4.69) is 4.98 Å². The Morgan fingerprint density at radius 1 is 1.44 bits per heavy atom. The Morgan fingerprint density at radius 2 is 2.17 bits per heavy atom. The van der Waals surface area contributed by atoms with Gasteiger partial charge in [0, 0.05) is 6.20 Å². The molecule has 0 radical (unpaired) electrons. The number of carbonyl (C=O) groups excluding carboxylic acids is 1. The number of anilines is 1. The number of ether oxygens (including phenoxy) is 1. The van der Waals surface area contributed by atoms with Crippen LogP contribution in [0.4, 0.5) is 10.6 Å². The summed E-state index contributed by atoms with van der Waals surface area (Å²) in [6, 6.07) is 4.93. The van der Waals surface area contributed by atoms with Crippen LogP contribution in [-0.2, 0) is 9.57 Å². The minimum atomic E-state index is -1.11. The van der Waals surface area contributed by atoms with E-state index >= 15 is 0 Å². The van der Waals surface area contributed by atoms with Gasteiger partial charge in [-0.2, -0.15) is 0 Å². The predicted molar refractivity (Wildman–Crippen MR) is 70.0 cm³/mol. The van der Waals surface area contributed by atoms with Gasteiger partial charge >= 0.3 is 6.09 Å². The molecule has 8 heteroatoms. The summed E-state index contributed by atoms with van der Waals surface area (Å²) in [5, 5.41) is 0.804. The van der Waals surface area contributed by atoms with Crippen LogP contribution in [0.3, 0.4) is 0 Å². The number of nitrogens with zero attached hydrogens (tertiary/aromatic N) is 2. The lowest BCUT2D eigenvalue weighted by molar-refractivity contribution is 0.0654. The van der Waals surface area contributed by atoms with Gasteiger partial charge in [0.05, 0.1) is 6.61 Å². The number of carbonyl (C=O) groups is 1. The number of amides is 1. The van der Waals surface area contributed by atoms with Crippen molar-refractivity contribution in [2.24, 2.45) is 0 Å². The van der Waals surface area contributed by atoms with Crippen molar-refractivity contribution in [3.05, 3.63) is 24.4 Å². The van der Waals surface area contributed by atoms with Crippen molar-refractivity contribution in [1.29, 1.82) is 0 Å². The number of alkyl halides is 3. The van der Waals surface area contributed by atoms with Gasteiger partial charge in [-0.25, -0.2) is 14.6 Å². The number of aromatic nitrogens is 1. The van der Waals surface area contributed by atoms with E-state index in [0.29, 0.717) is 0 Å². The minimum absolute atomic E-state index is 0.184. The second-order valence-electron chi connectivity index (χ2n) is 2.97. The monoisotopic (exact) mass is 312 g/mol. The predicted octanol–water partition coefficient (Wildman–Crippen LogP) is 3.34. The van der Waals surface area contributed by atoms with Gasteiger partial charge in [-0.05, 0) is 19.1 Å². The zero-order valence-electron chi connectivity index (χ0n) is 9.42. The maximum Gasteiger partial charge on any atom is 0.440 e. The van der Waals surface area contributed by atoms with Crippen LogP contribution in [0.1, 0.15) is 6.92 Å². The molecule has 0 fully saturated rings. The lowest BCUT2D eigenvalue weighted by atomic mass is 10.5. The summed E-state index contributed by atoms with van der Waals surface area (Å²) in [6.07, 6.45) is 0.739. The topological polar surface area (TPSA) is 51.7 Å². The highest BCUT2D eigenvalue weighted by Gasteiger charge is 2.26. The molecule has 0 N–H and O–H groups in total. The lowest BCUT2D eigenvalue weighted by Crippen LogP contribution is -2.36. The molecule has 0 saturated heterocycles. The van der Waals surface area contributed by atoms with Crippen LogP contribution in [-0.4, -0.2) is 28.1 Å². The molecular formula is C10H11Cl3N2O3. The van der Waals surface area contributed by atoms with Crippen LogP contribution in [0.2, 0.25) is 0 Å². The molecular weight excluding hydrogens is 302 g/mol. The standard InChI is InChI=1S/C10H11Cl3N2O3/c1-2-17-10(16)15(18-9(13)8(11)12)7-5-3-4-6-14-7/h3-6,8-9H,2H2,1H3. The average Bonchev–Trinajstić information content (AvgIpc) is 2.36. The maximum absolute atomic E-state index is 11.7. The molecule has 5 nitrogen and oxygen atoms in total. The molecule has 0 aliphatic rings. The first-order valence-electron chi connectivity index (χ1n) is 5.03. The van der Waals surface area contributed by atoms with Gasteiger partial charge in [-0.3, -0.25) is 0 Å². The van der Waals surface area contributed by atoms with E-state index < -0.39 is 16.5 Å². The smallest absolute Gasteiger partial charge is 0.440 e. The van der Waals surface area contributed by atoms with Gasteiger partial charge < -0.3 is 4.74 Å². The van der Waals surface area contributed by atoms with Gasteiger partial charge in [0.15, 0.2) is 11.4 Å². The number of hydroxylamine groups is 1. The van der Waals surface area contributed by atoms with Crippen LogP contribution in [0.15, 0.2) is 24.4 Å². The largest absolute Gasteiger partial charge is 0.448 e. The molecule has 1 atom stereocenters. The van der Waals surface area contributed by atoms with Gasteiger partial charge in [-0.1, -0.05) is 17.7 Å². The Kier molecular flexibility index (Phi) is 6.49. The fraction of sp³-hybridized carbons (Fsp3) is 0.400. The Labute approximate surface area is 119 Å². The SMILES string of the molecule is CCOC(=O)N(OC(Cl)C(Cl)Cl)c1ccccn1. The molecule has 0 aliphatic heterocycles. The molecule has 100 valence electrons. The first-order valence-corrected chi connectivity index (χ1v) is 6.34. The van der Waals surface area contributed by atoms with Crippen LogP contribution in [0.25, 0.3) is 0 Å². The molecule has 1 heterocycles. The van der Waals surface area contributed by atoms with E-state index in [1.807, 2.05) is 0 Å².